The summed E-state index contributed by atoms with van der Waals surface area (Å²) in [5, 5.41) is 2.74. The summed E-state index contributed by atoms with van der Waals surface area (Å²) in [6.07, 6.45) is 0.691. The molecule has 7 heteroatoms. The van der Waals surface area contributed by atoms with E-state index in [2.05, 4.69) is 45.5 Å². The molecule has 1 heterocycles. The molecule has 1 aliphatic carbocycles. The largest absolute Gasteiger partial charge is 0.448 e. The number of ketones is 1. The molecule has 2 aliphatic rings. The summed E-state index contributed by atoms with van der Waals surface area (Å²) in [5.41, 5.74) is 4.05. The minimum Gasteiger partial charge on any atom is -0.448 e. The number of amides is 2. The van der Waals surface area contributed by atoms with E-state index in [1.165, 1.54) is 4.90 Å². The number of carbonyl (C=O) groups is 3. The molecule has 0 spiro atoms. The highest BCUT2D eigenvalue weighted by atomic mass is 79.9. The zero-order chi connectivity index (χ0) is 25.3. The van der Waals surface area contributed by atoms with Crippen LogP contribution in [0.5, 0.6) is 0 Å². The van der Waals surface area contributed by atoms with E-state index in [9.17, 15) is 14.4 Å². The Morgan fingerprint density at radius 3 is 2.22 bits per heavy atom. The molecule has 1 N–H and O–H groups in total. The number of ether oxygens (including phenoxy) is 1. The van der Waals surface area contributed by atoms with Gasteiger partial charge in [-0.2, -0.15) is 0 Å². The van der Waals surface area contributed by atoms with Crippen molar-refractivity contribution in [2.75, 3.05) is 19.7 Å². The minimum absolute atomic E-state index is 0.0485. The van der Waals surface area contributed by atoms with Gasteiger partial charge >= 0.3 is 6.09 Å². The molecular weight excluding hydrogens is 520 g/mol. The summed E-state index contributed by atoms with van der Waals surface area (Å²) in [5.74, 6) is -0.586. The minimum atomic E-state index is -1.07. The van der Waals surface area contributed by atoms with Crippen molar-refractivity contribution in [1.82, 2.24) is 10.2 Å². The summed E-state index contributed by atoms with van der Waals surface area (Å²) >= 11 is 3.35. The third-order valence-electron chi connectivity index (χ3n) is 7.26. The number of rotatable bonds is 6. The van der Waals surface area contributed by atoms with Gasteiger partial charge in [0.2, 0.25) is 5.91 Å². The first-order valence-corrected chi connectivity index (χ1v) is 12.9. The van der Waals surface area contributed by atoms with Gasteiger partial charge in [-0.3, -0.25) is 14.5 Å². The van der Waals surface area contributed by atoms with E-state index in [-0.39, 0.29) is 30.8 Å². The smallest absolute Gasteiger partial charge is 0.410 e. The maximum Gasteiger partial charge on any atom is 0.410 e. The van der Waals surface area contributed by atoms with Crippen LogP contribution in [0.1, 0.15) is 47.2 Å². The predicted molar refractivity (Wildman–Crippen MR) is 141 cm³/mol. The Hall–Kier alpha value is -3.45. The third kappa shape index (κ3) is 4.44. The molecule has 6 nitrogen and oxygen atoms in total. The van der Waals surface area contributed by atoms with Gasteiger partial charge in [-0.1, -0.05) is 76.6 Å². The topological polar surface area (TPSA) is 75.7 Å². The van der Waals surface area contributed by atoms with Gasteiger partial charge in [0.05, 0.1) is 6.54 Å². The van der Waals surface area contributed by atoms with Crippen molar-refractivity contribution in [3.63, 3.8) is 0 Å². The van der Waals surface area contributed by atoms with Crippen molar-refractivity contribution < 1.29 is 19.1 Å². The first kappa shape index (κ1) is 24.3. The lowest BCUT2D eigenvalue weighted by atomic mass is 9.97. The maximum atomic E-state index is 13.2. The van der Waals surface area contributed by atoms with Crippen LogP contribution >= 0.6 is 15.9 Å². The van der Waals surface area contributed by atoms with E-state index in [4.69, 9.17) is 4.74 Å². The summed E-state index contributed by atoms with van der Waals surface area (Å²) < 4.78 is 6.69. The molecule has 3 aromatic carbocycles. The van der Waals surface area contributed by atoms with Gasteiger partial charge in [0.1, 0.15) is 12.1 Å². The fourth-order valence-corrected chi connectivity index (χ4v) is 5.52. The molecular formula is C29H27BrN2O4. The number of likely N-dealkylation sites (tertiary alicyclic amines) is 1. The van der Waals surface area contributed by atoms with E-state index < -0.39 is 11.6 Å². The van der Waals surface area contributed by atoms with Crippen LogP contribution in [0.2, 0.25) is 0 Å². The van der Waals surface area contributed by atoms with Crippen LogP contribution in [0.3, 0.4) is 0 Å². The number of hydrogen-bond donors (Lipinski definition) is 1. The average molecular weight is 547 g/mol. The summed E-state index contributed by atoms with van der Waals surface area (Å²) in [7, 11) is 0. The first-order valence-electron chi connectivity index (χ1n) is 12.1. The zero-order valence-corrected chi connectivity index (χ0v) is 21.6. The average Bonchev–Trinajstić information content (AvgIpc) is 3.45. The highest BCUT2D eigenvalue weighted by Gasteiger charge is 2.47. The molecule has 0 aromatic heterocycles. The van der Waals surface area contributed by atoms with Crippen molar-refractivity contribution in [3.05, 3.63) is 94.0 Å². The molecule has 5 rings (SSSR count). The van der Waals surface area contributed by atoms with Crippen molar-refractivity contribution in [3.8, 4) is 11.1 Å². The van der Waals surface area contributed by atoms with Gasteiger partial charge in [-0.25, -0.2) is 4.79 Å². The molecule has 0 radical (unpaired) electrons. The fourth-order valence-electron chi connectivity index (χ4n) is 5.25. The summed E-state index contributed by atoms with van der Waals surface area (Å²) in [6.45, 7) is 2.24. The SMILES string of the molecule is CC1(C(=O)NCC(=O)c2ccc(Br)cc2)CCCN1C(=O)OCC1c2ccccc2-c2ccccc21. The second-order valence-corrected chi connectivity index (χ2v) is 10.4. The lowest BCUT2D eigenvalue weighted by Gasteiger charge is -2.33. The number of Topliss-reactive ketones (excluding diaryl/α,β-unsaturated/α-hetero) is 1. The van der Waals surface area contributed by atoms with Crippen molar-refractivity contribution in [1.29, 1.82) is 0 Å². The molecule has 1 unspecified atom stereocenters. The van der Waals surface area contributed by atoms with Crippen LogP contribution < -0.4 is 5.32 Å². The molecule has 1 aliphatic heterocycles. The fraction of sp³-hybridized carbons (Fsp3) is 0.276. The number of carbonyl (C=O) groups excluding carboxylic acids is 3. The Bertz CT molecular complexity index is 1280. The van der Waals surface area contributed by atoms with Crippen LogP contribution in [0, 0.1) is 0 Å². The van der Waals surface area contributed by atoms with Crippen molar-refractivity contribution in [2.45, 2.75) is 31.2 Å². The number of halogens is 1. The van der Waals surface area contributed by atoms with Crippen LogP contribution in [-0.4, -0.2) is 47.9 Å². The number of nitrogens with one attached hydrogen (secondary N) is 1. The van der Waals surface area contributed by atoms with Gasteiger partial charge in [-0.15, -0.1) is 0 Å². The highest BCUT2D eigenvalue weighted by molar-refractivity contribution is 9.10. The Labute approximate surface area is 218 Å². The van der Waals surface area contributed by atoms with E-state index >= 15 is 0 Å². The molecule has 1 saturated heterocycles. The van der Waals surface area contributed by atoms with Crippen LogP contribution in [0.15, 0.2) is 77.3 Å². The third-order valence-corrected chi connectivity index (χ3v) is 7.79. The van der Waals surface area contributed by atoms with Gasteiger partial charge in [-0.05, 0) is 54.2 Å². The first-order chi connectivity index (χ1) is 17.4. The second kappa shape index (κ2) is 9.90. The summed E-state index contributed by atoms with van der Waals surface area (Å²) in [6, 6.07) is 23.3. The van der Waals surface area contributed by atoms with E-state index in [1.807, 2.05) is 24.3 Å². The van der Waals surface area contributed by atoms with Crippen LogP contribution in [0.4, 0.5) is 4.79 Å². The van der Waals surface area contributed by atoms with E-state index in [1.54, 1.807) is 31.2 Å². The lowest BCUT2D eigenvalue weighted by molar-refractivity contribution is -0.130. The number of benzene rings is 3. The number of hydrogen-bond acceptors (Lipinski definition) is 4. The van der Waals surface area contributed by atoms with Gasteiger partial charge < -0.3 is 10.1 Å². The summed E-state index contributed by atoms with van der Waals surface area (Å²) in [4.78, 5) is 40.3. The second-order valence-electron chi connectivity index (χ2n) is 9.45. The van der Waals surface area contributed by atoms with Gasteiger partial charge in [0.15, 0.2) is 5.78 Å². The van der Waals surface area contributed by atoms with E-state index in [0.717, 1.165) is 26.7 Å². The normalized spacial score (nSPS) is 18.4. The molecule has 36 heavy (non-hydrogen) atoms. The number of nitrogens with zero attached hydrogens (tertiary/aromatic N) is 1. The monoisotopic (exact) mass is 546 g/mol. The molecule has 1 atom stereocenters. The van der Waals surface area contributed by atoms with Crippen LogP contribution in [0.25, 0.3) is 11.1 Å². The standard InChI is InChI=1S/C29H27BrN2O4/c1-29(27(34)31-17-26(33)19-11-13-20(30)14-12-19)15-6-16-32(29)28(35)36-18-25-23-9-4-2-7-21(23)22-8-3-5-10-24(22)25/h2-5,7-14,25H,6,15-18H2,1H3,(H,31,34). The van der Waals surface area contributed by atoms with Crippen LogP contribution in [-0.2, 0) is 9.53 Å². The van der Waals surface area contributed by atoms with Gasteiger partial charge in [0.25, 0.3) is 0 Å². The number of fused-ring (bicyclic) bond motifs is 3. The Morgan fingerprint density at radius 2 is 1.58 bits per heavy atom. The quantitative estimate of drug-likeness (QED) is 0.411. The molecule has 0 saturated carbocycles. The Kier molecular flexibility index (Phi) is 6.67. The Balaban J connectivity index is 1.24. The predicted octanol–water partition coefficient (Wildman–Crippen LogP) is 5.55. The molecule has 1 fully saturated rings. The molecule has 2 amide bonds. The Morgan fingerprint density at radius 1 is 0.972 bits per heavy atom. The van der Waals surface area contributed by atoms with Crippen molar-refractivity contribution in [2.24, 2.45) is 0 Å². The van der Waals surface area contributed by atoms with Gasteiger partial charge in [0, 0.05) is 22.5 Å². The zero-order valence-electron chi connectivity index (χ0n) is 20.0. The van der Waals surface area contributed by atoms with E-state index in [0.29, 0.717) is 24.9 Å². The maximum absolute atomic E-state index is 13.2. The molecule has 3 aromatic rings. The molecule has 184 valence electrons. The lowest BCUT2D eigenvalue weighted by Crippen LogP contribution is -2.56. The van der Waals surface area contributed by atoms with Crippen molar-refractivity contribution >= 4 is 33.7 Å². The molecule has 0 bridgehead atoms. The highest BCUT2D eigenvalue weighted by Crippen LogP contribution is 2.44.